The third-order valence-corrected chi connectivity index (χ3v) is 6.11. The zero-order valence-electron chi connectivity index (χ0n) is 19.4. The number of rotatable bonds is 8. The lowest BCUT2D eigenvalue weighted by atomic mass is 10.0. The molecule has 1 unspecified atom stereocenters. The van der Waals surface area contributed by atoms with Crippen molar-refractivity contribution in [3.63, 3.8) is 0 Å². The molecule has 5 rings (SSSR count). The van der Waals surface area contributed by atoms with Crippen LogP contribution in [0.2, 0.25) is 5.02 Å². The third kappa shape index (κ3) is 4.96. The summed E-state index contributed by atoms with van der Waals surface area (Å²) in [5, 5.41) is 22.9. The fourth-order valence-corrected chi connectivity index (χ4v) is 4.29. The molecular formula is C25H25ClN8O. The minimum atomic E-state index is -0.306. The number of hydrogen-bond acceptors (Lipinski definition) is 5. The lowest BCUT2D eigenvalue weighted by molar-refractivity contribution is 0.102. The van der Waals surface area contributed by atoms with Crippen molar-refractivity contribution in [1.29, 1.82) is 0 Å². The highest BCUT2D eigenvalue weighted by molar-refractivity contribution is 6.30. The van der Waals surface area contributed by atoms with E-state index in [9.17, 15) is 4.79 Å². The number of hydrogen-bond donors (Lipinski definition) is 3. The zero-order valence-corrected chi connectivity index (χ0v) is 20.1. The van der Waals surface area contributed by atoms with Crippen molar-refractivity contribution in [2.75, 3.05) is 26.0 Å². The first-order chi connectivity index (χ1) is 17.0. The van der Waals surface area contributed by atoms with E-state index in [1.807, 2.05) is 73.6 Å². The zero-order chi connectivity index (χ0) is 24.4. The predicted octanol–water partition coefficient (Wildman–Crippen LogP) is 4.60. The predicted molar refractivity (Wildman–Crippen MR) is 137 cm³/mol. The van der Waals surface area contributed by atoms with Gasteiger partial charge in [-0.05, 0) is 62.5 Å². The second-order valence-corrected chi connectivity index (χ2v) is 9.08. The minimum absolute atomic E-state index is 0.0192. The normalized spacial score (nSPS) is 12.3. The van der Waals surface area contributed by atoms with Gasteiger partial charge in [-0.3, -0.25) is 19.7 Å². The minimum Gasteiger partial charge on any atom is -0.318 e. The number of nitrogens with zero attached hydrogens (tertiary/aromatic N) is 5. The van der Waals surface area contributed by atoms with E-state index in [1.54, 1.807) is 12.4 Å². The molecule has 0 aliphatic rings. The Labute approximate surface area is 207 Å². The molecule has 35 heavy (non-hydrogen) atoms. The smallest absolute Gasteiger partial charge is 0.276 e. The number of aromatic nitrogens is 6. The average Bonchev–Trinajstić information content (AvgIpc) is 3.60. The highest BCUT2D eigenvalue weighted by atomic mass is 35.5. The van der Waals surface area contributed by atoms with Crippen molar-refractivity contribution < 1.29 is 4.79 Å². The molecule has 1 atom stereocenters. The number of benzene rings is 2. The summed E-state index contributed by atoms with van der Waals surface area (Å²) in [7, 11) is 4.08. The van der Waals surface area contributed by atoms with Gasteiger partial charge in [-0.1, -0.05) is 29.8 Å². The molecule has 0 spiro atoms. The number of amides is 1. The summed E-state index contributed by atoms with van der Waals surface area (Å²) in [5.41, 5.74) is 4.70. The van der Waals surface area contributed by atoms with Gasteiger partial charge in [-0.15, -0.1) is 0 Å². The molecule has 0 aliphatic heterocycles. The van der Waals surface area contributed by atoms with Crippen LogP contribution in [-0.2, 0) is 0 Å². The van der Waals surface area contributed by atoms with E-state index in [4.69, 9.17) is 11.6 Å². The number of anilines is 1. The number of nitrogens with one attached hydrogen (secondary N) is 3. The number of fused-ring (bicyclic) bond motifs is 1. The largest absolute Gasteiger partial charge is 0.318 e. The van der Waals surface area contributed by atoms with Gasteiger partial charge >= 0.3 is 0 Å². The van der Waals surface area contributed by atoms with Crippen LogP contribution in [0.15, 0.2) is 67.3 Å². The Kier molecular flexibility index (Phi) is 6.35. The third-order valence-electron chi connectivity index (χ3n) is 5.87. The molecule has 3 heterocycles. The molecule has 0 saturated carbocycles. The lowest BCUT2D eigenvalue weighted by Crippen LogP contribution is -2.20. The Morgan fingerprint density at radius 2 is 2.06 bits per heavy atom. The van der Waals surface area contributed by atoms with Crippen LogP contribution in [0.4, 0.5) is 5.69 Å². The molecule has 0 radical (unpaired) electrons. The summed E-state index contributed by atoms with van der Waals surface area (Å²) in [4.78, 5) is 15.2. The van der Waals surface area contributed by atoms with E-state index in [-0.39, 0.29) is 11.9 Å². The second kappa shape index (κ2) is 9.73. The molecule has 0 fully saturated rings. The van der Waals surface area contributed by atoms with Crippen LogP contribution >= 0.6 is 11.6 Å². The van der Waals surface area contributed by atoms with Crippen molar-refractivity contribution in [3.8, 4) is 11.1 Å². The van der Waals surface area contributed by atoms with Crippen LogP contribution in [0, 0.1) is 0 Å². The first kappa shape index (κ1) is 22.8. The topological polar surface area (TPSA) is 108 Å². The lowest BCUT2D eigenvalue weighted by Gasteiger charge is -2.20. The molecular weight excluding hydrogens is 464 g/mol. The summed E-state index contributed by atoms with van der Waals surface area (Å²) >= 11 is 6.24. The van der Waals surface area contributed by atoms with E-state index in [1.165, 1.54) is 0 Å². The Hall–Kier alpha value is -3.95. The Morgan fingerprint density at radius 3 is 2.83 bits per heavy atom. The van der Waals surface area contributed by atoms with Gasteiger partial charge in [0, 0.05) is 28.4 Å². The molecule has 10 heteroatoms. The molecule has 9 nitrogen and oxygen atoms in total. The van der Waals surface area contributed by atoms with Crippen molar-refractivity contribution in [2.45, 2.75) is 12.5 Å². The fraction of sp³-hybridized carbons (Fsp3) is 0.200. The molecule has 178 valence electrons. The Bertz CT molecular complexity index is 1450. The number of carbonyl (C=O) groups is 1. The number of carbonyl (C=O) groups excluding carboxylic acids is 1. The average molecular weight is 489 g/mol. The van der Waals surface area contributed by atoms with Crippen LogP contribution in [0.25, 0.3) is 22.0 Å². The maximum atomic E-state index is 13.0. The summed E-state index contributed by atoms with van der Waals surface area (Å²) in [6, 6.07) is 13.5. The number of halogens is 1. The summed E-state index contributed by atoms with van der Waals surface area (Å²) in [5.74, 6) is -0.306. The van der Waals surface area contributed by atoms with E-state index >= 15 is 0 Å². The first-order valence-electron chi connectivity index (χ1n) is 11.2. The van der Waals surface area contributed by atoms with Gasteiger partial charge in [0.2, 0.25) is 0 Å². The number of H-pyrrole nitrogens is 2. The summed E-state index contributed by atoms with van der Waals surface area (Å²) in [6.07, 6.45) is 7.89. The van der Waals surface area contributed by atoms with Crippen molar-refractivity contribution in [2.24, 2.45) is 0 Å². The van der Waals surface area contributed by atoms with E-state index in [0.717, 1.165) is 40.6 Å². The summed E-state index contributed by atoms with van der Waals surface area (Å²) < 4.78 is 1.87. The van der Waals surface area contributed by atoms with Crippen molar-refractivity contribution >= 4 is 34.1 Å². The van der Waals surface area contributed by atoms with Crippen LogP contribution in [0.5, 0.6) is 0 Å². The highest BCUT2D eigenvalue weighted by Gasteiger charge is 2.19. The van der Waals surface area contributed by atoms with Crippen molar-refractivity contribution in [1.82, 2.24) is 35.1 Å². The summed E-state index contributed by atoms with van der Waals surface area (Å²) in [6.45, 7) is 0.874. The standard InChI is InChI=1S/C25H25ClN8O/c1-33(2)9-8-23(17-4-3-5-19(26)10-17)34-15-20(14-29-34)30-25(35)24-21-7-6-16(11-22(21)31-32-24)18-12-27-28-13-18/h3-7,10-15,23H,8-9H2,1-2H3,(H,27,28)(H,30,35)(H,31,32). The Morgan fingerprint density at radius 1 is 1.17 bits per heavy atom. The maximum absolute atomic E-state index is 13.0. The molecule has 3 aromatic heterocycles. The van der Waals surface area contributed by atoms with Gasteiger partial charge < -0.3 is 10.2 Å². The highest BCUT2D eigenvalue weighted by Crippen LogP contribution is 2.27. The van der Waals surface area contributed by atoms with E-state index in [2.05, 4.69) is 35.7 Å². The molecule has 0 aliphatic carbocycles. The van der Waals surface area contributed by atoms with Crippen LogP contribution in [0.1, 0.15) is 28.5 Å². The van der Waals surface area contributed by atoms with Crippen LogP contribution in [-0.4, -0.2) is 61.6 Å². The monoisotopic (exact) mass is 488 g/mol. The molecule has 0 bridgehead atoms. The fourth-order valence-electron chi connectivity index (χ4n) is 4.09. The van der Waals surface area contributed by atoms with Gasteiger partial charge in [0.25, 0.3) is 5.91 Å². The molecule has 3 N–H and O–H groups in total. The molecule has 1 amide bonds. The maximum Gasteiger partial charge on any atom is 0.276 e. The molecule has 5 aromatic rings. The first-order valence-corrected chi connectivity index (χ1v) is 11.6. The van der Waals surface area contributed by atoms with Gasteiger partial charge in [0.15, 0.2) is 5.69 Å². The second-order valence-electron chi connectivity index (χ2n) is 8.65. The SMILES string of the molecule is CN(C)CCC(c1cccc(Cl)c1)n1cc(NC(=O)c2n[nH]c3cc(-c4cn[nH]c4)ccc23)cn1. The van der Waals surface area contributed by atoms with E-state index in [0.29, 0.717) is 16.4 Å². The van der Waals surface area contributed by atoms with Gasteiger partial charge in [0.1, 0.15) is 0 Å². The van der Waals surface area contributed by atoms with Gasteiger partial charge in [-0.2, -0.15) is 15.3 Å². The van der Waals surface area contributed by atoms with Gasteiger partial charge in [0.05, 0.1) is 29.6 Å². The molecule has 2 aromatic carbocycles. The van der Waals surface area contributed by atoms with Crippen molar-refractivity contribution in [3.05, 3.63) is 83.5 Å². The Balaban J connectivity index is 1.36. The van der Waals surface area contributed by atoms with Crippen LogP contribution < -0.4 is 5.32 Å². The quantitative estimate of drug-likeness (QED) is 0.296. The van der Waals surface area contributed by atoms with Gasteiger partial charge in [-0.25, -0.2) is 0 Å². The van der Waals surface area contributed by atoms with Crippen LogP contribution in [0.3, 0.4) is 0 Å². The number of aromatic amines is 2. The van der Waals surface area contributed by atoms with E-state index < -0.39 is 0 Å². The molecule has 0 saturated heterocycles.